The van der Waals surface area contributed by atoms with Gasteiger partial charge in [0.1, 0.15) is 5.75 Å². The summed E-state index contributed by atoms with van der Waals surface area (Å²) in [5.74, 6) is 0.592. The van der Waals surface area contributed by atoms with E-state index < -0.39 is 0 Å². The maximum Gasteiger partial charge on any atom is 0.255 e. The molecule has 1 heterocycles. The number of aromatic amines is 1. The normalized spacial score (nSPS) is 11.7. The molecule has 2 N–H and O–H groups in total. The number of H-pyrrole nitrogens is 1. The van der Waals surface area contributed by atoms with Gasteiger partial charge in [-0.2, -0.15) is 0 Å². The van der Waals surface area contributed by atoms with Crippen LogP contribution in [0.4, 0.5) is 0 Å². The molecule has 162 valence electrons. The Balaban J connectivity index is 1.58. The van der Waals surface area contributed by atoms with E-state index in [9.17, 15) is 9.59 Å². The van der Waals surface area contributed by atoms with Gasteiger partial charge in [-0.15, -0.1) is 0 Å². The Hall–Kier alpha value is -3.06. The summed E-state index contributed by atoms with van der Waals surface area (Å²) in [6, 6.07) is 17.8. The third-order valence-electron chi connectivity index (χ3n) is 5.00. The van der Waals surface area contributed by atoms with Crippen molar-refractivity contribution < 1.29 is 9.53 Å². The molecule has 1 atom stereocenters. The van der Waals surface area contributed by atoms with E-state index in [2.05, 4.69) is 22.2 Å². The lowest BCUT2D eigenvalue weighted by Crippen LogP contribution is -2.30. The minimum absolute atomic E-state index is 0.000717. The lowest BCUT2D eigenvalue weighted by atomic mass is 10.1. The molecule has 2 aromatic carbocycles. The van der Waals surface area contributed by atoms with E-state index in [4.69, 9.17) is 4.74 Å². The summed E-state index contributed by atoms with van der Waals surface area (Å²) in [6.07, 6.45) is 0.648. The average molecular weight is 438 g/mol. The predicted octanol–water partition coefficient (Wildman–Crippen LogP) is 3.84. The number of thioether (sulfide) groups is 1. The molecule has 7 heteroatoms. The molecule has 0 aliphatic heterocycles. The van der Waals surface area contributed by atoms with Crippen LogP contribution < -0.4 is 15.6 Å². The molecule has 0 saturated heterocycles. The van der Waals surface area contributed by atoms with Crippen LogP contribution in [0.1, 0.15) is 34.6 Å². The van der Waals surface area contributed by atoms with Gasteiger partial charge in [-0.25, -0.2) is 4.98 Å². The number of carbonyl (C=O) groups excluding carboxylic acids is 1. The average Bonchev–Trinajstić information content (AvgIpc) is 2.77. The summed E-state index contributed by atoms with van der Waals surface area (Å²) in [4.78, 5) is 32.3. The highest BCUT2D eigenvalue weighted by molar-refractivity contribution is 7.99. The van der Waals surface area contributed by atoms with Crippen molar-refractivity contribution in [1.82, 2.24) is 15.3 Å². The van der Waals surface area contributed by atoms with Gasteiger partial charge in [-0.1, -0.05) is 60.3 Å². The van der Waals surface area contributed by atoms with Crippen molar-refractivity contribution in [2.45, 2.75) is 37.1 Å². The second-order valence-electron chi connectivity index (χ2n) is 7.19. The second-order valence-corrected chi connectivity index (χ2v) is 8.52. The Labute approximate surface area is 186 Å². The molecule has 0 spiro atoms. The van der Waals surface area contributed by atoms with Crippen LogP contribution in [0.5, 0.6) is 5.75 Å². The van der Waals surface area contributed by atoms with E-state index in [1.807, 2.05) is 54.6 Å². The van der Waals surface area contributed by atoms with Gasteiger partial charge in [-0.3, -0.25) is 9.59 Å². The largest absolute Gasteiger partial charge is 0.496 e. The number of ether oxygens (including phenoxy) is 1. The Kier molecular flexibility index (Phi) is 7.89. The standard InChI is InChI=1S/C24H27N3O3S/c1-16-20(15-22(28)25-14-13-19-11-7-8-12-21(19)30-3)23(29)27-24(26-16)31-17(2)18-9-5-4-6-10-18/h4-12,17H,13-15H2,1-3H3,(H,25,28)(H,26,27,29). The summed E-state index contributed by atoms with van der Waals surface area (Å²) < 4.78 is 5.33. The Morgan fingerprint density at radius 1 is 1.16 bits per heavy atom. The van der Waals surface area contributed by atoms with Crippen LogP contribution in [-0.2, 0) is 17.6 Å². The lowest BCUT2D eigenvalue weighted by molar-refractivity contribution is -0.120. The van der Waals surface area contributed by atoms with E-state index in [-0.39, 0.29) is 23.1 Å². The highest BCUT2D eigenvalue weighted by Crippen LogP contribution is 2.32. The summed E-state index contributed by atoms with van der Waals surface area (Å²) in [5, 5.41) is 3.57. The number of amides is 1. The first-order valence-electron chi connectivity index (χ1n) is 10.2. The molecule has 0 aliphatic carbocycles. The number of aromatic nitrogens is 2. The molecule has 0 aliphatic rings. The van der Waals surface area contributed by atoms with Crippen molar-refractivity contribution in [2.75, 3.05) is 13.7 Å². The van der Waals surface area contributed by atoms with E-state index in [1.165, 1.54) is 11.8 Å². The van der Waals surface area contributed by atoms with Crippen molar-refractivity contribution in [3.63, 3.8) is 0 Å². The van der Waals surface area contributed by atoms with Crippen LogP contribution in [0.25, 0.3) is 0 Å². The molecule has 0 saturated carbocycles. The van der Waals surface area contributed by atoms with Crippen LogP contribution in [0.15, 0.2) is 64.5 Å². The quantitative estimate of drug-likeness (QED) is 0.392. The van der Waals surface area contributed by atoms with Crippen LogP contribution >= 0.6 is 11.8 Å². The SMILES string of the molecule is COc1ccccc1CCNC(=O)Cc1c(C)nc(SC(C)c2ccccc2)[nH]c1=O. The van der Waals surface area contributed by atoms with Crippen LogP contribution in [0, 0.1) is 6.92 Å². The van der Waals surface area contributed by atoms with E-state index in [0.717, 1.165) is 16.9 Å². The molecule has 1 amide bonds. The van der Waals surface area contributed by atoms with Gasteiger partial charge in [0.25, 0.3) is 5.56 Å². The number of para-hydroxylation sites is 1. The molecular formula is C24H27N3O3S. The number of carbonyl (C=O) groups is 1. The van der Waals surface area contributed by atoms with Crippen LogP contribution in [0.3, 0.4) is 0 Å². The lowest BCUT2D eigenvalue weighted by Gasteiger charge is -2.12. The minimum Gasteiger partial charge on any atom is -0.496 e. The first-order valence-corrected chi connectivity index (χ1v) is 11.1. The van der Waals surface area contributed by atoms with Gasteiger partial charge in [-0.05, 0) is 37.5 Å². The second kappa shape index (κ2) is 10.8. The monoisotopic (exact) mass is 437 g/mol. The van der Waals surface area contributed by atoms with Crippen LogP contribution in [0.2, 0.25) is 0 Å². The van der Waals surface area contributed by atoms with E-state index in [0.29, 0.717) is 29.4 Å². The molecule has 0 radical (unpaired) electrons. The van der Waals surface area contributed by atoms with E-state index >= 15 is 0 Å². The zero-order valence-electron chi connectivity index (χ0n) is 18.0. The van der Waals surface area contributed by atoms with Gasteiger partial charge in [0, 0.05) is 23.1 Å². The van der Waals surface area contributed by atoms with Crippen LogP contribution in [-0.4, -0.2) is 29.5 Å². The maximum atomic E-state index is 12.6. The number of hydrogen-bond acceptors (Lipinski definition) is 5. The van der Waals surface area contributed by atoms with Crippen molar-refractivity contribution in [3.05, 3.63) is 87.3 Å². The van der Waals surface area contributed by atoms with E-state index in [1.54, 1.807) is 14.0 Å². The van der Waals surface area contributed by atoms with Crippen molar-refractivity contribution >= 4 is 17.7 Å². The predicted molar refractivity (Wildman–Crippen MR) is 124 cm³/mol. The number of nitrogens with zero attached hydrogens (tertiary/aromatic N) is 1. The molecule has 31 heavy (non-hydrogen) atoms. The fraction of sp³-hybridized carbons (Fsp3) is 0.292. The van der Waals surface area contributed by atoms with Gasteiger partial charge in [0.2, 0.25) is 5.91 Å². The summed E-state index contributed by atoms with van der Waals surface area (Å²) in [7, 11) is 1.63. The number of nitrogens with one attached hydrogen (secondary N) is 2. The van der Waals surface area contributed by atoms with Gasteiger partial charge >= 0.3 is 0 Å². The summed E-state index contributed by atoms with van der Waals surface area (Å²) >= 11 is 1.49. The molecule has 0 fully saturated rings. The highest BCUT2D eigenvalue weighted by atomic mass is 32.2. The Bertz CT molecular complexity index is 1080. The Morgan fingerprint density at radius 3 is 2.58 bits per heavy atom. The first-order chi connectivity index (χ1) is 15.0. The van der Waals surface area contributed by atoms with Gasteiger partial charge < -0.3 is 15.0 Å². The molecule has 0 bridgehead atoms. The molecule has 6 nitrogen and oxygen atoms in total. The smallest absolute Gasteiger partial charge is 0.255 e. The Morgan fingerprint density at radius 2 is 1.87 bits per heavy atom. The maximum absolute atomic E-state index is 12.6. The minimum atomic E-state index is -0.268. The third kappa shape index (κ3) is 6.21. The molecule has 3 rings (SSSR count). The fourth-order valence-electron chi connectivity index (χ4n) is 3.28. The highest BCUT2D eigenvalue weighted by Gasteiger charge is 2.15. The number of methoxy groups -OCH3 is 1. The van der Waals surface area contributed by atoms with Crippen molar-refractivity contribution in [2.24, 2.45) is 0 Å². The third-order valence-corrected chi connectivity index (χ3v) is 6.05. The fourth-order valence-corrected chi connectivity index (χ4v) is 4.25. The van der Waals surface area contributed by atoms with Crippen molar-refractivity contribution in [3.8, 4) is 5.75 Å². The number of rotatable bonds is 9. The topological polar surface area (TPSA) is 84.1 Å². The molecule has 3 aromatic rings. The van der Waals surface area contributed by atoms with Gasteiger partial charge in [0.15, 0.2) is 5.16 Å². The zero-order valence-corrected chi connectivity index (χ0v) is 18.8. The zero-order chi connectivity index (χ0) is 22.2. The first kappa shape index (κ1) is 22.6. The van der Waals surface area contributed by atoms with Gasteiger partial charge in [0.05, 0.1) is 13.5 Å². The summed E-state index contributed by atoms with van der Waals surface area (Å²) in [5.41, 5.74) is 2.88. The molecular weight excluding hydrogens is 410 g/mol. The summed E-state index contributed by atoms with van der Waals surface area (Å²) in [6.45, 7) is 4.30. The van der Waals surface area contributed by atoms with Crippen molar-refractivity contribution in [1.29, 1.82) is 0 Å². The molecule has 1 aromatic heterocycles. The molecule has 1 unspecified atom stereocenters. The number of aryl methyl sites for hydroxylation is 1. The number of benzene rings is 2. The number of hydrogen-bond donors (Lipinski definition) is 2.